The van der Waals surface area contributed by atoms with E-state index < -0.39 is 0 Å². The summed E-state index contributed by atoms with van der Waals surface area (Å²) in [5.74, 6) is 2.00. The maximum atomic E-state index is 12.3. The second kappa shape index (κ2) is 10.6. The third kappa shape index (κ3) is 5.99. The Kier molecular flexibility index (Phi) is 9.17. The van der Waals surface area contributed by atoms with Crippen molar-refractivity contribution in [2.45, 2.75) is 27.2 Å². The number of piperazine rings is 1. The van der Waals surface area contributed by atoms with Crippen LogP contribution in [-0.2, 0) is 0 Å². The molecular weight excluding hydrogens is 419 g/mol. The number of carbonyl (C=O) groups is 1. The second-order valence-corrected chi connectivity index (χ2v) is 6.17. The molecule has 0 aromatic carbocycles. The molecule has 24 heavy (non-hydrogen) atoms. The quantitative estimate of drug-likeness (QED) is 0.428. The lowest BCUT2D eigenvalue weighted by molar-refractivity contribution is 0.0657. The number of furan rings is 1. The minimum absolute atomic E-state index is 0. The van der Waals surface area contributed by atoms with E-state index in [2.05, 4.69) is 31.0 Å². The molecular formula is C17H29IN4O2. The fourth-order valence-corrected chi connectivity index (χ4v) is 2.53. The highest BCUT2D eigenvalue weighted by molar-refractivity contribution is 14.0. The first-order valence-electron chi connectivity index (χ1n) is 8.47. The lowest BCUT2D eigenvalue weighted by Gasteiger charge is -2.36. The normalized spacial score (nSPS) is 15.4. The summed E-state index contributed by atoms with van der Waals surface area (Å²) in [6, 6.07) is 3.46. The van der Waals surface area contributed by atoms with Gasteiger partial charge in [0.15, 0.2) is 11.7 Å². The first kappa shape index (κ1) is 20.8. The molecule has 7 heteroatoms. The van der Waals surface area contributed by atoms with Crippen LogP contribution in [0.25, 0.3) is 0 Å². The lowest BCUT2D eigenvalue weighted by Crippen LogP contribution is -2.53. The van der Waals surface area contributed by atoms with Crippen LogP contribution in [-0.4, -0.2) is 60.9 Å². The molecule has 1 aromatic rings. The topological polar surface area (TPSA) is 61.1 Å². The molecule has 6 nitrogen and oxygen atoms in total. The molecule has 1 aromatic heterocycles. The average molecular weight is 448 g/mol. The number of carbonyl (C=O) groups excluding carboxylic acids is 1. The Morgan fingerprint density at radius 2 is 1.96 bits per heavy atom. The maximum absolute atomic E-state index is 12.3. The van der Waals surface area contributed by atoms with E-state index in [1.165, 1.54) is 6.26 Å². The number of hydrogen-bond acceptors (Lipinski definition) is 3. The molecule has 1 amide bonds. The van der Waals surface area contributed by atoms with Crippen LogP contribution in [0.5, 0.6) is 0 Å². The van der Waals surface area contributed by atoms with Gasteiger partial charge < -0.3 is 19.5 Å². The van der Waals surface area contributed by atoms with E-state index >= 15 is 0 Å². The highest BCUT2D eigenvalue weighted by Gasteiger charge is 2.25. The van der Waals surface area contributed by atoms with Crippen molar-refractivity contribution in [1.29, 1.82) is 0 Å². The van der Waals surface area contributed by atoms with Crippen molar-refractivity contribution in [1.82, 2.24) is 15.1 Å². The summed E-state index contributed by atoms with van der Waals surface area (Å²) in [7, 11) is 0. The van der Waals surface area contributed by atoms with E-state index in [-0.39, 0.29) is 29.9 Å². The predicted molar refractivity (Wildman–Crippen MR) is 107 cm³/mol. The van der Waals surface area contributed by atoms with Crippen LogP contribution in [0.4, 0.5) is 0 Å². The molecule has 0 unspecified atom stereocenters. The third-order valence-corrected chi connectivity index (χ3v) is 3.90. The van der Waals surface area contributed by atoms with Gasteiger partial charge in [-0.2, -0.15) is 0 Å². The van der Waals surface area contributed by atoms with Crippen molar-refractivity contribution in [3.8, 4) is 0 Å². The molecule has 1 fully saturated rings. The second-order valence-electron chi connectivity index (χ2n) is 6.17. The molecule has 2 rings (SSSR count). The van der Waals surface area contributed by atoms with Gasteiger partial charge in [-0.25, -0.2) is 0 Å². The molecule has 0 atom stereocenters. The van der Waals surface area contributed by atoms with Crippen LogP contribution < -0.4 is 5.32 Å². The van der Waals surface area contributed by atoms with Gasteiger partial charge in [0.05, 0.1) is 6.26 Å². The lowest BCUT2D eigenvalue weighted by atomic mass is 10.1. The summed E-state index contributed by atoms with van der Waals surface area (Å²) in [4.78, 5) is 21.1. The van der Waals surface area contributed by atoms with Crippen LogP contribution >= 0.6 is 24.0 Å². The fourth-order valence-electron chi connectivity index (χ4n) is 2.53. The van der Waals surface area contributed by atoms with Crippen molar-refractivity contribution in [3.63, 3.8) is 0 Å². The minimum Gasteiger partial charge on any atom is -0.459 e. The molecule has 0 radical (unpaired) electrons. The van der Waals surface area contributed by atoms with Crippen molar-refractivity contribution < 1.29 is 9.21 Å². The van der Waals surface area contributed by atoms with E-state index in [1.807, 2.05) is 4.90 Å². The van der Waals surface area contributed by atoms with E-state index in [9.17, 15) is 4.79 Å². The number of amides is 1. The van der Waals surface area contributed by atoms with Crippen LogP contribution in [0.2, 0.25) is 0 Å². The maximum Gasteiger partial charge on any atom is 0.289 e. The number of rotatable bonds is 5. The van der Waals surface area contributed by atoms with Crippen LogP contribution in [0.15, 0.2) is 27.8 Å². The number of halogens is 1. The van der Waals surface area contributed by atoms with E-state index in [0.29, 0.717) is 24.8 Å². The van der Waals surface area contributed by atoms with Gasteiger partial charge in [-0.3, -0.25) is 9.79 Å². The SMILES string of the molecule is CCNC(=NCCC(C)C)N1CCN(C(=O)c2ccco2)CC1.I. The summed E-state index contributed by atoms with van der Waals surface area (Å²) >= 11 is 0. The highest BCUT2D eigenvalue weighted by Crippen LogP contribution is 2.10. The van der Waals surface area contributed by atoms with Gasteiger partial charge in [0.1, 0.15) is 0 Å². The Morgan fingerprint density at radius 1 is 1.29 bits per heavy atom. The summed E-state index contributed by atoms with van der Waals surface area (Å²) < 4.78 is 5.20. The van der Waals surface area contributed by atoms with Gasteiger partial charge in [0, 0.05) is 39.3 Å². The summed E-state index contributed by atoms with van der Waals surface area (Å²) in [5, 5.41) is 3.35. The van der Waals surface area contributed by atoms with Crippen molar-refractivity contribution in [2.75, 3.05) is 39.3 Å². The molecule has 1 saturated heterocycles. The standard InChI is InChI=1S/C17H28N4O2.HI/c1-4-18-17(19-8-7-14(2)3)21-11-9-20(10-12-21)16(22)15-6-5-13-23-15;/h5-6,13-14H,4,7-12H2,1-3H3,(H,18,19);1H. The number of aliphatic imine (C=N–C) groups is 1. The molecule has 1 aliphatic heterocycles. The van der Waals surface area contributed by atoms with Crippen molar-refractivity contribution in [2.24, 2.45) is 10.9 Å². The smallest absolute Gasteiger partial charge is 0.289 e. The van der Waals surface area contributed by atoms with Gasteiger partial charge in [-0.15, -0.1) is 24.0 Å². The summed E-state index contributed by atoms with van der Waals surface area (Å²) in [5.41, 5.74) is 0. The van der Waals surface area contributed by atoms with Crippen LogP contribution in [0.3, 0.4) is 0 Å². The monoisotopic (exact) mass is 448 g/mol. The Morgan fingerprint density at radius 3 is 2.50 bits per heavy atom. The van der Waals surface area contributed by atoms with E-state index in [1.54, 1.807) is 12.1 Å². The Hall–Kier alpha value is -1.25. The van der Waals surface area contributed by atoms with Gasteiger partial charge in [-0.05, 0) is 31.4 Å². The average Bonchev–Trinajstić information content (AvgIpc) is 3.08. The first-order valence-corrected chi connectivity index (χ1v) is 8.47. The minimum atomic E-state index is -0.0311. The Bertz CT molecular complexity index is 509. The fraction of sp³-hybridized carbons (Fsp3) is 0.647. The van der Waals surface area contributed by atoms with Crippen molar-refractivity contribution >= 4 is 35.8 Å². The number of hydrogen-bond donors (Lipinski definition) is 1. The van der Waals surface area contributed by atoms with Crippen LogP contribution in [0, 0.1) is 5.92 Å². The molecule has 2 heterocycles. The van der Waals surface area contributed by atoms with Gasteiger partial charge >= 0.3 is 0 Å². The molecule has 0 saturated carbocycles. The molecule has 136 valence electrons. The number of guanidine groups is 1. The zero-order valence-corrected chi connectivity index (χ0v) is 17.2. The van der Waals surface area contributed by atoms with Gasteiger partial charge in [0.25, 0.3) is 5.91 Å². The Balaban J connectivity index is 0.00000288. The zero-order valence-electron chi connectivity index (χ0n) is 14.8. The molecule has 1 aliphatic rings. The number of nitrogens with one attached hydrogen (secondary N) is 1. The largest absolute Gasteiger partial charge is 0.459 e. The molecule has 0 spiro atoms. The number of nitrogens with zero attached hydrogens (tertiary/aromatic N) is 3. The van der Waals surface area contributed by atoms with E-state index in [4.69, 9.17) is 9.41 Å². The summed E-state index contributed by atoms with van der Waals surface area (Å²) in [6.07, 6.45) is 2.62. The van der Waals surface area contributed by atoms with Gasteiger partial charge in [-0.1, -0.05) is 13.8 Å². The predicted octanol–water partition coefficient (Wildman–Crippen LogP) is 2.67. The van der Waals surface area contributed by atoms with Crippen molar-refractivity contribution in [3.05, 3.63) is 24.2 Å². The Labute approximate surface area is 161 Å². The van der Waals surface area contributed by atoms with E-state index in [0.717, 1.165) is 38.6 Å². The third-order valence-electron chi connectivity index (χ3n) is 3.90. The molecule has 0 bridgehead atoms. The highest BCUT2D eigenvalue weighted by atomic mass is 127. The van der Waals surface area contributed by atoms with Gasteiger partial charge in [0.2, 0.25) is 0 Å². The summed E-state index contributed by atoms with van der Waals surface area (Å²) in [6.45, 7) is 11.2. The first-order chi connectivity index (χ1) is 11.1. The molecule has 1 N–H and O–H groups in total. The zero-order chi connectivity index (χ0) is 16.7. The van der Waals surface area contributed by atoms with Crippen LogP contribution in [0.1, 0.15) is 37.7 Å². The molecule has 0 aliphatic carbocycles.